The Kier molecular flexibility index (Phi) is 4.78. The molecule has 1 aliphatic rings. The van der Waals surface area contributed by atoms with Crippen LogP contribution in [-0.2, 0) is 0 Å². The summed E-state index contributed by atoms with van der Waals surface area (Å²) in [7, 11) is 1.60. The number of aryl methyl sites for hydroxylation is 1. The van der Waals surface area contributed by atoms with Gasteiger partial charge in [0.25, 0.3) is 0 Å². The van der Waals surface area contributed by atoms with Gasteiger partial charge in [-0.25, -0.2) is 9.97 Å². The number of piperazine rings is 1. The van der Waals surface area contributed by atoms with Gasteiger partial charge in [0.1, 0.15) is 5.82 Å². The summed E-state index contributed by atoms with van der Waals surface area (Å²) >= 11 is 0. The third-order valence-electron chi connectivity index (χ3n) is 4.50. The van der Waals surface area contributed by atoms with E-state index in [0.717, 1.165) is 49.1 Å². The van der Waals surface area contributed by atoms with Crippen molar-refractivity contribution in [2.75, 3.05) is 43.1 Å². The molecule has 0 atom stereocenters. The highest BCUT2D eigenvalue weighted by Crippen LogP contribution is 2.22. The van der Waals surface area contributed by atoms with E-state index >= 15 is 0 Å². The van der Waals surface area contributed by atoms with E-state index in [4.69, 9.17) is 9.72 Å². The first-order valence-electron chi connectivity index (χ1n) is 8.85. The van der Waals surface area contributed by atoms with Crippen LogP contribution in [0.4, 0.5) is 11.6 Å². The van der Waals surface area contributed by atoms with Crippen molar-refractivity contribution in [2.45, 2.75) is 6.92 Å². The zero-order chi connectivity index (χ0) is 18.6. The summed E-state index contributed by atoms with van der Waals surface area (Å²) in [6, 6.07) is 5.90. The maximum absolute atomic E-state index is 5.17. The quantitative estimate of drug-likeness (QED) is 0.696. The molecule has 1 fully saturated rings. The van der Waals surface area contributed by atoms with Crippen LogP contribution < -0.4 is 14.5 Å². The van der Waals surface area contributed by atoms with E-state index in [-0.39, 0.29) is 0 Å². The molecule has 1 aliphatic heterocycles. The number of anilines is 2. The summed E-state index contributed by atoms with van der Waals surface area (Å²) in [5, 5.41) is 0. The third-order valence-corrected chi connectivity index (χ3v) is 4.50. The van der Waals surface area contributed by atoms with E-state index in [2.05, 4.69) is 29.7 Å². The lowest BCUT2D eigenvalue weighted by molar-refractivity contribution is 0.395. The number of aromatic nitrogens is 5. The van der Waals surface area contributed by atoms with E-state index in [0.29, 0.717) is 11.7 Å². The van der Waals surface area contributed by atoms with Crippen LogP contribution in [0.15, 0.2) is 43.0 Å². The van der Waals surface area contributed by atoms with Crippen LogP contribution in [0.25, 0.3) is 11.4 Å². The van der Waals surface area contributed by atoms with Crippen molar-refractivity contribution in [3.63, 3.8) is 0 Å². The van der Waals surface area contributed by atoms with Gasteiger partial charge in [-0.3, -0.25) is 9.97 Å². The predicted molar refractivity (Wildman–Crippen MR) is 103 cm³/mol. The van der Waals surface area contributed by atoms with Gasteiger partial charge >= 0.3 is 0 Å². The van der Waals surface area contributed by atoms with E-state index in [1.54, 1.807) is 31.9 Å². The fourth-order valence-electron chi connectivity index (χ4n) is 3.09. The summed E-state index contributed by atoms with van der Waals surface area (Å²) < 4.78 is 5.17. The molecule has 4 rings (SSSR count). The molecule has 27 heavy (non-hydrogen) atoms. The van der Waals surface area contributed by atoms with Gasteiger partial charge in [0.2, 0.25) is 5.88 Å². The highest BCUT2D eigenvalue weighted by Gasteiger charge is 2.20. The number of hydrogen-bond donors (Lipinski definition) is 0. The Hall–Kier alpha value is -3.29. The Morgan fingerprint density at radius 1 is 0.889 bits per heavy atom. The van der Waals surface area contributed by atoms with Gasteiger partial charge in [-0.2, -0.15) is 4.98 Å². The Balaban J connectivity index is 1.50. The lowest BCUT2D eigenvalue weighted by Gasteiger charge is -2.36. The Morgan fingerprint density at radius 3 is 2.37 bits per heavy atom. The SMILES string of the molecule is COc1cncc(N2CCN(c3cc(C)nc(-c4cccnc4)n3)CC2)n1. The fourth-order valence-corrected chi connectivity index (χ4v) is 3.09. The zero-order valence-corrected chi connectivity index (χ0v) is 15.4. The monoisotopic (exact) mass is 363 g/mol. The summed E-state index contributed by atoms with van der Waals surface area (Å²) in [6.45, 7) is 5.37. The van der Waals surface area contributed by atoms with Crippen molar-refractivity contribution in [3.8, 4) is 17.3 Å². The molecular weight excluding hydrogens is 342 g/mol. The summed E-state index contributed by atoms with van der Waals surface area (Å²) in [5.74, 6) is 3.02. The van der Waals surface area contributed by atoms with Crippen LogP contribution in [0.5, 0.6) is 5.88 Å². The van der Waals surface area contributed by atoms with Gasteiger partial charge in [0.15, 0.2) is 11.6 Å². The van der Waals surface area contributed by atoms with E-state index in [1.165, 1.54) is 0 Å². The Bertz CT molecular complexity index is 911. The van der Waals surface area contributed by atoms with E-state index in [9.17, 15) is 0 Å². The van der Waals surface area contributed by atoms with Crippen molar-refractivity contribution in [2.24, 2.45) is 0 Å². The second-order valence-corrected chi connectivity index (χ2v) is 6.33. The molecule has 4 heterocycles. The van der Waals surface area contributed by atoms with Gasteiger partial charge in [-0.1, -0.05) is 0 Å². The van der Waals surface area contributed by atoms with Gasteiger partial charge in [0.05, 0.1) is 19.5 Å². The van der Waals surface area contributed by atoms with Crippen LogP contribution in [0, 0.1) is 6.92 Å². The molecule has 0 bridgehead atoms. The number of pyridine rings is 1. The first-order valence-corrected chi connectivity index (χ1v) is 8.85. The molecule has 0 aliphatic carbocycles. The standard InChI is InChI=1S/C19H21N7O/c1-14-10-16(24-19(22-14)15-4-3-5-20-11-15)25-6-8-26(9-7-25)17-12-21-13-18(23-17)27-2/h3-5,10-13H,6-9H2,1-2H3. The van der Waals surface area contributed by atoms with Crippen LogP contribution in [0.2, 0.25) is 0 Å². The first-order chi connectivity index (χ1) is 13.2. The fraction of sp³-hybridized carbons (Fsp3) is 0.316. The minimum Gasteiger partial charge on any atom is -0.480 e. The van der Waals surface area contributed by atoms with E-state index in [1.807, 2.05) is 25.1 Å². The molecule has 8 nitrogen and oxygen atoms in total. The lowest BCUT2D eigenvalue weighted by atomic mass is 10.2. The summed E-state index contributed by atoms with van der Waals surface area (Å²) in [6.07, 6.45) is 6.93. The van der Waals surface area contributed by atoms with Crippen LogP contribution >= 0.6 is 0 Å². The van der Waals surface area contributed by atoms with Gasteiger partial charge in [-0.15, -0.1) is 0 Å². The van der Waals surface area contributed by atoms with Crippen LogP contribution in [0.1, 0.15) is 5.69 Å². The number of nitrogens with zero attached hydrogens (tertiary/aromatic N) is 7. The summed E-state index contributed by atoms with van der Waals surface area (Å²) in [4.78, 5) is 26.6. The van der Waals surface area contributed by atoms with Crippen molar-refractivity contribution in [1.29, 1.82) is 0 Å². The highest BCUT2D eigenvalue weighted by molar-refractivity contribution is 5.57. The predicted octanol–water partition coefficient (Wildman–Crippen LogP) is 1.97. The molecule has 3 aromatic heterocycles. The third kappa shape index (κ3) is 3.79. The van der Waals surface area contributed by atoms with Gasteiger partial charge in [-0.05, 0) is 19.1 Å². The molecule has 1 saturated heterocycles. The minimum absolute atomic E-state index is 0.530. The van der Waals surface area contributed by atoms with Gasteiger partial charge in [0, 0.05) is 55.9 Å². The molecule has 0 aromatic carbocycles. The Morgan fingerprint density at radius 2 is 1.67 bits per heavy atom. The summed E-state index contributed by atoms with van der Waals surface area (Å²) in [5.41, 5.74) is 1.87. The molecule has 0 spiro atoms. The molecule has 138 valence electrons. The molecule has 0 radical (unpaired) electrons. The molecule has 0 amide bonds. The smallest absolute Gasteiger partial charge is 0.233 e. The Labute approximate surface area is 157 Å². The van der Waals surface area contributed by atoms with Crippen molar-refractivity contribution < 1.29 is 4.74 Å². The normalized spacial score (nSPS) is 14.3. The zero-order valence-electron chi connectivity index (χ0n) is 15.4. The second-order valence-electron chi connectivity index (χ2n) is 6.33. The second kappa shape index (κ2) is 7.53. The molecule has 0 unspecified atom stereocenters. The average Bonchev–Trinajstić information content (AvgIpc) is 2.74. The van der Waals surface area contributed by atoms with Crippen molar-refractivity contribution in [3.05, 3.63) is 48.7 Å². The average molecular weight is 363 g/mol. The number of ether oxygens (including phenoxy) is 1. The molecule has 0 N–H and O–H groups in total. The number of rotatable bonds is 4. The van der Waals surface area contributed by atoms with Crippen molar-refractivity contribution >= 4 is 11.6 Å². The lowest BCUT2D eigenvalue weighted by Crippen LogP contribution is -2.47. The molecule has 8 heteroatoms. The minimum atomic E-state index is 0.530. The van der Waals surface area contributed by atoms with Crippen LogP contribution in [-0.4, -0.2) is 58.2 Å². The number of hydrogen-bond acceptors (Lipinski definition) is 8. The maximum Gasteiger partial charge on any atom is 0.233 e. The maximum atomic E-state index is 5.17. The van der Waals surface area contributed by atoms with Crippen LogP contribution in [0.3, 0.4) is 0 Å². The van der Waals surface area contributed by atoms with Crippen molar-refractivity contribution in [1.82, 2.24) is 24.9 Å². The topological polar surface area (TPSA) is 80.2 Å². The largest absolute Gasteiger partial charge is 0.480 e. The van der Waals surface area contributed by atoms with Gasteiger partial charge < -0.3 is 14.5 Å². The number of methoxy groups -OCH3 is 1. The molecule has 3 aromatic rings. The highest BCUT2D eigenvalue weighted by atomic mass is 16.5. The molecular formula is C19H21N7O. The van der Waals surface area contributed by atoms with E-state index < -0.39 is 0 Å². The molecule has 0 saturated carbocycles. The first kappa shape index (κ1) is 17.1.